The molecule has 0 fully saturated rings. The fraction of sp³-hybridized carbons (Fsp3) is 0.364. The number of aliphatic hydroxyl groups excluding tert-OH is 1. The molecular weight excluding hydrogens is 194 g/mol. The van der Waals surface area contributed by atoms with Crippen molar-refractivity contribution in [3.63, 3.8) is 0 Å². The van der Waals surface area contributed by atoms with Crippen molar-refractivity contribution in [2.45, 2.75) is 12.5 Å². The first kappa shape index (κ1) is 11.7. The van der Waals surface area contributed by atoms with Gasteiger partial charge in [0.1, 0.15) is 0 Å². The van der Waals surface area contributed by atoms with E-state index in [1.165, 1.54) is 7.11 Å². The Hall–Kier alpha value is -1.39. The minimum Gasteiger partial charge on any atom is -0.465 e. The highest BCUT2D eigenvalue weighted by molar-refractivity contribution is 5.89. The molecule has 0 bridgehead atoms. The van der Waals surface area contributed by atoms with Gasteiger partial charge in [-0.1, -0.05) is 12.1 Å². The molecule has 1 rings (SSSR count). The molecule has 0 amide bonds. The Bertz CT molecular complexity index is 321. The SMILES string of the molecule is COC(=O)c1ccc(CC(N)CO)cc1. The van der Waals surface area contributed by atoms with E-state index in [2.05, 4.69) is 4.74 Å². The van der Waals surface area contributed by atoms with E-state index in [9.17, 15) is 4.79 Å². The molecule has 1 aromatic rings. The van der Waals surface area contributed by atoms with Gasteiger partial charge >= 0.3 is 5.97 Å². The largest absolute Gasteiger partial charge is 0.465 e. The van der Waals surface area contributed by atoms with E-state index < -0.39 is 0 Å². The molecule has 4 nitrogen and oxygen atoms in total. The third kappa shape index (κ3) is 3.34. The van der Waals surface area contributed by atoms with Gasteiger partial charge in [0.25, 0.3) is 0 Å². The number of benzene rings is 1. The fourth-order valence-corrected chi connectivity index (χ4v) is 1.26. The zero-order valence-electron chi connectivity index (χ0n) is 8.64. The summed E-state index contributed by atoms with van der Waals surface area (Å²) in [4.78, 5) is 11.1. The maximum absolute atomic E-state index is 11.1. The number of nitrogens with two attached hydrogens (primary N) is 1. The fourth-order valence-electron chi connectivity index (χ4n) is 1.26. The Labute approximate surface area is 88.7 Å². The van der Waals surface area contributed by atoms with Crippen molar-refractivity contribution in [1.82, 2.24) is 0 Å². The second-order valence-electron chi connectivity index (χ2n) is 3.34. The van der Waals surface area contributed by atoms with Gasteiger partial charge in [-0.25, -0.2) is 4.79 Å². The van der Waals surface area contributed by atoms with Gasteiger partial charge in [-0.2, -0.15) is 0 Å². The molecule has 0 radical (unpaired) electrons. The van der Waals surface area contributed by atoms with Crippen LogP contribution in [0, 0.1) is 0 Å². The molecule has 0 spiro atoms. The second kappa shape index (κ2) is 5.48. The number of rotatable bonds is 4. The maximum Gasteiger partial charge on any atom is 0.337 e. The summed E-state index contributed by atoms with van der Waals surface area (Å²) in [5.74, 6) is -0.354. The Balaban J connectivity index is 2.68. The van der Waals surface area contributed by atoms with Gasteiger partial charge < -0.3 is 15.6 Å². The minimum atomic E-state index is -0.354. The van der Waals surface area contributed by atoms with Crippen molar-refractivity contribution >= 4 is 5.97 Å². The van der Waals surface area contributed by atoms with Crippen LogP contribution in [-0.4, -0.2) is 30.8 Å². The molecule has 0 aromatic heterocycles. The third-order valence-electron chi connectivity index (χ3n) is 2.11. The summed E-state index contributed by atoms with van der Waals surface area (Å²) in [5, 5.41) is 8.78. The summed E-state index contributed by atoms with van der Waals surface area (Å²) in [6.07, 6.45) is 0.595. The van der Waals surface area contributed by atoms with Crippen molar-refractivity contribution in [3.8, 4) is 0 Å². The van der Waals surface area contributed by atoms with Gasteiger partial charge in [0.2, 0.25) is 0 Å². The van der Waals surface area contributed by atoms with E-state index in [1.54, 1.807) is 12.1 Å². The molecule has 0 aliphatic heterocycles. The molecule has 1 atom stereocenters. The Morgan fingerprint density at radius 2 is 2.07 bits per heavy atom. The first-order valence-corrected chi connectivity index (χ1v) is 4.71. The summed E-state index contributed by atoms with van der Waals surface area (Å²) in [7, 11) is 1.35. The number of carbonyl (C=O) groups excluding carboxylic acids is 1. The van der Waals surface area contributed by atoms with E-state index >= 15 is 0 Å². The van der Waals surface area contributed by atoms with E-state index in [-0.39, 0.29) is 18.6 Å². The van der Waals surface area contributed by atoms with Gasteiger partial charge in [0.05, 0.1) is 19.3 Å². The molecule has 0 saturated carbocycles. The third-order valence-corrected chi connectivity index (χ3v) is 2.11. The first-order valence-electron chi connectivity index (χ1n) is 4.71. The van der Waals surface area contributed by atoms with Crippen LogP contribution in [0.2, 0.25) is 0 Å². The maximum atomic E-state index is 11.1. The summed E-state index contributed by atoms with van der Waals surface area (Å²) in [5.41, 5.74) is 7.09. The molecule has 1 unspecified atom stereocenters. The molecule has 15 heavy (non-hydrogen) atoms. The Morgan fingerprint density at radius 3 is 2.53 bits per heavy atom. The lowest BCUT2D eigenvalue weighted by molar-refractivity contribution is 0.0600. The predicted octanol–water partition coefficient (Wildman–Crippen LogP) is 0.335. The average Bonchev–Trinajstić information content (AvgIpc) is 2.29. The molecule has 0 saturated heterocycles. The number of hydrogen-bond acceptors (Lipinski definition) is 4. The van der Waals surface area contributed by atoms with Gasteiger partial charge in [0, 0.05) is 6.04 Å². The van der Waals surface area contributed by atoms with Crippen LogP contribution in [0.3, 0.4) is 0 Å². The number of esters is 1. The highest BCUT2D eigenvalue weighted by Crippen LogP contribution is 2.07. The van der Waals surface area contributed by atoms with Crippen LogP contribution in [0.1, 0.15) is 15.9 Å². The van der Waals surface area contributed by atoms with Crippen LogP contribution in [0.25, 0.3) is 0 Å². The summed E-state index contributed by atoms with van der Waals surface area (Å²) in [6, 6.07) is 6.73. The standard InChI is InChI=1S/C11H15NO3/c1-15-11(14)9-4-2-8(3-5-9)6-10(12)7-13/h2-5,10,13H,6-7,12H2,1H3. The van der Waals surface area contributed by atoms with Crippen molar-refractivity contribution < 1.29 is 14.6 Å². The zero-order chi connectivity index (χ0) is 11.3. The Morgan fingerprint density at radius 1 is 1.47 bits per heavy atom. The summed E-state index contributed by atoms with van der Waals surface area (Å²) >= 11 is 0. The zero-order valence-corrected chi connectivity index (χ0v) is 8.64. The average molecular weight is 209 g/mol. The highest BCUT2D eigenvalue weighted by atomic mass is 16.5. The van der Waals surface area contributed by atoms with Crippen LogP contribution < -0.4 is 5.73 Å². The molecule has 0 heterocycles. The molecule has 3 N–H and O–H groups in total. The van der Waals surface area contributed by atoms with Gasteiger partial charge in [-0.3, -0.25) is 0 Å². The predicted molar refractivity (Wildman–Crippen MR) is 56.5 cm³/mol. The van der Waals surface area contributed by atoms with Gasteiger partial charge in [-0.05, 0) is 24.1 Å². The van der Waals surface area contributed by atoms with E-state index in [4.69, 9.17) is 10.8 Å². The van der Waals surface area contributed by atoms with Crippen LogP contribution in [-0.2, 0) is 11.2 Å². The highest BCUT2D eigenvalue weighted by Gasteiger charge is 2.06. The van der Waals surface area contributed by atoms with Gasteiger partial charge in [-0.15, -0.1) is 0 Å². The van der Waals surface area contributed by atoms with Crippen LogP contribution in [0.4, 0.5) is 0 Å². The number of carbonyl (C=O) groups is 1. The van der Waals surface area contributed by atoms with E-state index in [1.807, 2.05) is 12.1 Å². The summed E-state index contributed by atoms with van der Waals surface area (Å²) < 4.78 is 4.57. The van der Waals surface area contributed by atoms with Crippen molar-refractivity contribution in [1.29, 1.82) is 0 Å². The molecule has 4 heteroatoms. The normalized spacial score (nSPS) is 12.2. The lowest BCUT2D eigenvalue weighted by atomic mass is 10.1. The Kier molecular flexibility index (Phi) is 4.27. The van der Waals surface area contributed by atoms with Gasteiger partial charge in [0.15, 0.2) is 0 Å². The minimum absolute atomic E-state index is 0.0429. The smallest absolute Gasteiger partial charge is 0.337 e. The molecular formula is C11H15NO3. The van der Waals surface area contributed by atoms with E-state index in [0.29, 0.717) is 12.0 Å². The molecule has 82 valence electrons. The lowest BCUT2D eigenvalue weighted by Crippen LogP contribution is -2.26. The van der Waals surface area contributed by atoms with Crippen molar-refractivity contribution in [3.05, 3.63) is 35.4 Å². The number of aliphatic hydroxyl groups is 1. The quantitative estimate of drug-likeness (QED) is 0.701. The first-order chi connectivity index (χ1) is 7.17. The summed E-state index contributed by atoms with van der Waals surface area (Å²) in [6.45, 7) is -0.0429. The molecule has 0 aliphatic carbocycles. The van der Waals surface area contributed by atoms with Crippen molar-refractivity contribution in [2.24, 2.45) is 5.73 Å². The second-order valence-corrected chi connectivity index (χ2v) is 3.34. The number of ether oxygens (including phenoxy) is 1. The topological polar surface area (TPSA) is 72.5 Å². The van der Waals surface area contributed by atoms with Crippen LogP contribution in [0.5, 0.6) is 0 Å². The van der Waals surface area contributed by atoms with Crippen LogP contribution >= 0.6 is 0 Å². The number of methoxy groups -OCH3 is 1. The van der Waals surface area contributed by atoms with Crippen LogP contribution in [0.15, 0.2) is 24.3 Å². The number of hydrogen-bond donors (Lipinski definition) is 2. The van der Waals surface area contributed by atoms with Crippen molar-refractivity contribution in [2.75, 3.05) is 13.7 Å². The van der Waals surface area contributed by atoms with E-state index in [0.717, 1.165) is 5.56 Å². The lowest BCUT2D eigenvalue weighted by Gasteiger charge is -2.08. The molecule has 0 aliphatic rings. The molecule has 1 aromatic carbocycles. The monoisotopic (exact) mass is 209 g/mol.